The topological polar surface area (TPSA) is 60.7 Å². The molecule has 0 atom stereocenters. The molecule has 0 fully saturated rings. The number of benzene rings is 3. The molecule has 4 heteroatoms. The summed E-state index contributed by atoms with van der Waals surface area (Å²) >= 11 is 0. The maximum atomic E-state index is 8.63. The molecule has 41 heavy (non-hydrogen) atoms. The molecule has 0 aromatic heterocycles. The second-order valence-corrected chi connectivity index (χ2v) is 4.71. The maximum Gasteiger partial charge on any atom is 0.115 e. The molecule has 3 aromatic carbocycles. The van der Waals surface area contributed by atoms with Gasteiger partial charge in [-0.15, -0.1) is 0 Å². The van der Waals surface area contributed by atoms with E-state index in [2.05, 4.69) is 13.8 Å². The van der Waals surface area contributed by atoms with Crippen molar-refractivity contribution in [2.75, 3.05) is 0 Å². The minimum absolute atomic E-state index is 0. The first-order valence-electron chi connectivity index (χ1n) is 14.8. The van der Waals surface area contributed by atoms with Gasteiger partial charge in [-0.25, -0.2) is 0 Å². The Morgan fingerprint density at radius 2 is 0.439 bits per heavy atom. The molecular weight excluding hydrogens is 581 g/mol. The normalized spacial score (nSPS) is 5.85. The Labute approximate surface area is 286 Å². The van der Waals surface area contributed by atoms with Crippen molar-refractivity contribution in [2.45, 2.75) is 117 Å². The fourth-order valence-corrected chi connectivity index (χ4v) is 1.28. The van der Waals surface area contributed by atoms with Gasteiger partial charge in [0.15, 0.2) is 0 Å². The summed E-state index contributed by atoms with van der Waals surface area (Å²) in [7, 11) is 0. The summed E-state index contributed by atoms with van der Waals surface area (Å²) in [5.74, 6) is 0.965. The minimum atomic E-state index is 0. The van der Waals surface area contributed by atoms with Gasteiger partial charge in [0, 0.05) is 32.7 Å². The molecule has 0 bridgehead atoms. The van der Waals surface area contributed by atoms with Crippen LogP contribution in [0.15, 0.2) is 91.0 Å². The van der Waals surface area contributed by atoms with Crippen molar-refractivity contribution in [1.82, 2.24) is 0 Å². The van der Waals surface area contributed by atoms with Crippen LogP contribution in [0.2, 0.25) is 0 Å². The van der Waals surface area contributed by atoms with Crippen molar-refractivity contribution in [2.24, 2.45) is 0 Å². The van der Waals surface area contributed by atoms with Gasteiger partial charge in [-0.05, 0) is 36.4 Å². The van der Waals surface area contributed by atoms with Gasteiger partial charge in [-0.2, -0.15) is 0 Å². The molecule has 3 nitrogen and oxygen atoms in total. The molecule has 3 N–H and O–H groups in total. The number of hydrogen-bond acceptors (Lipinski definition) is 3. The van der Waals surface area contributed by atoms with E-state index in [1.807, 2.05) is 115 Å². The zero-order chi connectivity index (χ0) is 32.0. The summed E-state index contributed by atoms with van der Waals surface area (Å²) in [5.41, 5.74) is 0. The first-order valence-corrected chi connectivity index (χ1v) is 14.8. The van der Waals surface area contributed by atoms with E-state index in [1.165, 1.54) is 6.42 Å². The molecule has 245 valence electrons. The van der Waals surface area contributed by atoms with Crippen LogP contribution in [-0.2, 0) is 32.7 Å². The van der Waals surface area contributed by atoms with Crippen molar-refractivity contribution in [3.05, 3.63) is 106 Å². The molecule has 3 aromatic rings. The van der Waals surface area contributed by atoms with Crippen LogP contribution in [0.25, 0.3) is 0 Å². The SMILES string of the molecule is CC.CC.CC.CC.CC.CC.CC.CCC.Oc1ccccc1.Oc1ccccc1.Oc1ccccc1.[CH3-].[CH3-].[Y]. The summed E-state index contributed by atoms with van der Waals surface area (Å²) in [6, 6.07) is 26.1. The van der Waals surface area contributed by atoms with E-state index < -0.39 is 0 Å². The molecule has 0 heterocycles. The van der Waals surface area contributed by atoms with E-state index in [0.29, 0.717) is 17.2 Å². The van der Waals surface area contributed by atoms with E-state index in [0.717, 1.165) is 0 Å². The summed E-state index contributed by atoms with van der Waals surface area (Å²) < 4.78 is 0. The fraction of sp³-hybridized carbons (Fsp3) is 0.459. The summed E-state index contributed by atoms with van der Waals surface area (Å²) in [6.45, 7) is 32.2. The van der Waals surface area contributed by atoms with Crippen molar-refractivity contribution >= 4 is 0 Å². The molecule has 0 aliphatic rings. The third kappa shape index (κ3) is 102. The molecule has 0 saturated carbocycles. The van der Waals surface area contributed by atoms with Gasteiger partial charge in [0.2, 0.25) is 0 Å². The van der Waals surface area contributed by atoms with Crippen LogP contribution >= 0.6 is 0 Å². The van der Waals surface area contributed by atoms with Gasteiger partial charge in [0.1, 0.15) is 17.2 Å². The predicted molar refractivity (Wildman–Crippen MR) is 193 cm³/mol. The minimum Gasteiger partial charge on any atom is -0.508 e. The van der Waals surface area contributed by atoms with Gasteiger partial charge >= 0.3 is 0 Å². The predicted octanol–water partition coefficient (Wildman–Crippen LogP) is 13.7. The third-order valence-corrected chi connectivity index (χ3v) is 2.27. The van der Waals surface area contributed by atoms with Crippen LogP contribution in [0.4, 0.5) is 0 Å². The standard InChI is InChI=1S/3C6H6O.C3H8.7C2H6.2CH3.Y/c3*7-6-4-2-1-3-5-6;1-3-2;7*1-2;;;/h3*1-5,7H;3H2,1-2H3;7*1-2H3;2*1H3;/q;;;;;;;;;;;2*-1;. The molecule has 0 unspecified atom stereocenters. The fourth-order valence-electron chi connectivity index (χ4n) is 1.28. The van der Waals surface area contributed by atoms with Crippen LogP contribution < -0.4 is 0 Å². The molecule has 0 spiro atoms. The van der Waals surface area contributed by atoms with Gasteiger partial charge in [-0.3, -0.25) is 0 Å². The Hall–Kier alpha value is -1.84. The maximum absolute atomic E-state index is 8.63. The van der Waals surface area contributed by atoms with Crippen molar-refractivity contribution < 1.29 is 48.0 Å². The number of hydrogen-bond donors (Lipinski definition) is 3. The molecule has 0 saturated heterocycles. The average Bonchev–Trinajstić information content (AvgIpc) is 3.03. The smallest absolute Gasteiger partial charge is 0.115 e. The number of phenols is 3. The van der Waals surface area contributed by atoms with Crippen molar-refractivity contribution in [3.63, 3.8) is 0 Å². The first kappa shape index (κ1) is 71.9. The number of rotatable bonds is 0. The summed E-state index contributed by atoms with van der Waals surface area (Å²) in [4.78, 5) is 0. The number of phenolic OH excluding ortho intramolecular Hbond substituents is 3. The van der Waals surface area contributed by atoms with Gasteiger partial charge in [0.25, 0.3) is 0 Å². The molecule has 3 rings (SSSR count). The molecule has 0 amide bonds. The zero-order valence-electron chi connectivity index (χ0n) is 30.8. The van der Waals surface area contributed by atoms with E-state index in [4.69, 9.17) is 15.3 Å². The molecule has 0 aliphatic carbocycles. The number of aromatic hydroxyl groups is 3. The van der Waals surface area contributed by atoms with E-state index >= 15 is 0 Å². The van der Waals surface area contributed by atoms with Crippen LogP contribution in [0.5, 0.6) is 17.2 Å². The van der Waals surface area contributed by atoms with Crippen molar-refractivity contribution in [1.29, 1.82) is 0 Å². The molecular formula is C37H74O3Y-2. The molecule has 1 radical (unpaired) electrons. The van der Waals surface area contributed by atoms with E-state index in [1.54, 1.807) is 72.8 Å². The third-order valence-electron chi connectivity index (χ3n) is 2.27. The Kier molecular flexibility index (Phi) is 172. The Balaban J connectivity index is -0.0000000283. The number of para-hydroxylation sites is 3. The first-order chi connectivity index (χ1) is 18.6. The Bertz CT molecular complexity index is 516. The van der Waals surface area contributed by atoms with Crippen LogP contribution in [-0.4, -0.2) is 15.3 Å². The van der Waals surface area contributed by atoms with Crippen LogP contribution in [0.1, 0.15) is 117 Å². The summed E-state index contributed by atoms with van der Waals surface area (Å²) in [5, 5.41) is 25.9. The van der Waals surface area contributed by atoms with Crippen molar-refractivity contribution in [3.8, 4) is 17.2 Å². The van der Waals surface area contributed by atoms with Gasteiger partial charge in [0.05, 0.1) is 0 Å². The van der Waals surface area contributed by atoms with E-state index in [9.17, 15) is 0 Å². The summed E-state index contributed by atoms with van der Waals surface area (Å²) in [6.07, 6.45) is 1.25. The van der Waals surface area contributed by atoms with Crippen LogP contribution in [0, 0.1) is 14.9 Å². The van der Waals surface area contributed by atoms with E-state index in [-0.39, 0.29) is 47.6 Å². The second kappa shape index (κ2) is 98.2. The van der Waals surface area contributed by atoms with Crippen LogP contribution in [0.3, 0.4) is 0 Å². The quantitative estimate of drug-likeness (QED) is 0.211. The van der Waals surface area contributed by atoms with Gasteiger partial charge in [-0.1, -0.05) is 172 Å². The monoisotopic (exact) mass is 655 g/mol. The van der Waals surface area contributed by atoms with Gasteiger partial charge < -0.3 is 30.2 Å². The largest absolute Gasteiger partial charge is 0.508 e. The second-order valence-electron chi connectivity index (χ2n) is 4.71. The molecule has 0 aliphatic heterocycles. The Morgan fingerprint density at radius 1 is 0.341 bits per heavy atom. The average molecular weight is 656 g/mol. The Morgan fingerprint density at radius 3 is 0.488 bits per heavy atom. The zero-order valence-corrected chi connectivity index (χ0v) is 33.6.